The summed E-state index contributed by atoms with van der Waals surface area (Å²) in [6.07, 6.45) is 0.428. The molecule has 0 atom stereocenters. The third-order valence-corrected chi connectivity index (χ3v) is 2.85. The molecule has 1 rings (SSSR count). The molecule has 0 amide bonds. The van der Waals surface area contributed by atoms with Gasteiger partial charge in [-0.1, -0.05) is 11.6 Å². The van der Waals surface area contributed by atoms with Crippen LogP contribution in [0.5, 0.6) is 0 Å². The predicted octanol–water partition coefficient (Wildman–Crippen LogP) is 2.20. The number of aliphatic hydroxyl groups is 1. The molecule has 18 heavy (non-hydrogen) atoms. The molecule has 4 nitrogen and oxygen atoms in total. The number of rotatable bonds is 7. The Balaban J connectivity index is 2.92. The van der Waals surface area contributed by atoms with Gasteiger partial charge in [0.1, 0.15) is 0 Å². The molecule has 0 spiro atoms. The third-order valence-electron chi connectivity index (χ3n) is 2.61. The van der Waals surface area contributed by atoms with E-state index in [9.17, 15) is 5.11 Å². The van der Waals surface area contributed by atoms with Crippen LogP contribution in [0.2, 0.25) is 5.02 Å². The maximum atomic E-state index is 9.36. The molecular formula is C13H17ClN2O2. The minimum Gasteiger partial charge on any atom is -0.392 e. The van der Waals surface area contributed by atoms with Crippen molar-refractivity contribution in [1.82, 2.24) is 0 Å². The monoisotopic (exact) mass is 268 g/mol. The summed E-state index contributed by atoms with van der Waals surface area (Å²) in [5.74, 6) is 0. The Morgan fingerprint density at radius 1 is 1.44 bits per heavy atom. The number of nitrogens with zero attached hydrogens (tertiary/aromatic N) is 2. The summed E-state index contributed by atoms with van der Waals surface area (Å²) in [6.45, 7) is 1.77. The fraction of sp³-hybridized carbons (Fsp3) is 0.462. The van der Waals surface area contributed by atoms with Crippen molar-refractivity contribution in [3.63, 3.8) is 0 Å². The number of hydrogen-bond donors (Lipinski definition) is 1. The summed E-state index contributed by atoms with van der Waals surface area (Å²) < 4.78 is 5.06. The first kappa shape index (κ1) is 14.8. The summed E-state index contributed by atoms with van der Waals surface area (Å²) in [7, 11) is 1.64. The zero-order valence-electron chi connectivity index (χ0n) is 10.4. The van der Waals surface area contributed by atoms with Crippen LogP contribution in [0.1, 0.15) is 12.0 Å². The number of hydrogen-bond acceptors (Lipinski definition) is 4. The largest absolute Gasteiger partial charge is 0.392 e. The van der Waals surface area contributed by atoms with Crippen LogP contribution in [0.3, 0.4) is 0 Å². The summed E-state index contributed by atoms with van der Waals surface area (Å²) in [5, 5.41) is 18.6. The van der Waals surface area contributed by atoms with E-state index in [1.54, 1.807) is 19.2 Å². The Morgan fingerprint density at radius 2 is 2.22 bits per heavy atom. The summed E-state index contributed by atoms with van der Waals surface area (Å²) in [6, 6.07) is 7.50. The van der Waals surface area contributed by atoms with E-state index in [0.717, 1.165) is 11.3 Å². The molecule has 1 aromatic rings. The normalized spacial score (nSPS) is 10.1. The van der Waals surface area contributed by atoms with Gasteiger partial charge in [-0.25, -0.2) is 0 Å². The molecule has 0 aliphatic rings. The highest BCUT2D eigenvalue weighted by Crippen LogP contribution is 2.24. The highest BCUT2D eigenvalue weighted by Gasteiger charge is 2.11. The van der Waals surface area contributed by atoms with Crippen molar-refractivity contribution < 1.29 is 9.84 Å². The van der Waals surface area contributed by atoms with Crippen LogP contribution in [0, 0.1) is 11.3 Å². The summed E-state index contributed by atoms with van der Waals surface area (Å²) in [4.78, 5) is 2.02. The maximum Gasteiger partial charge on any atom is 0.0702 e. The first-order valence-electron chi connectivity index (χ1n) is 5.73. The van der Waals surface area contributed by atoms with E-state index in [4.69, 9.17) is 21.6 Å². The van der Waals surface area contributed by atoms with Crippen molar-refractivity contribution in [3.05, 3.63) is 28.8 Å². The molecule has 0 aliphatic heterocycles. The van der Waals surface area contributed by atoms with Crippen molar-refractivity contribution >= 4 is 17.3 Å². The molecule has 0 aliphatic carbocycles. The second kappa shape index (κ2) is 7.93. The SMILES string of the molecule is COCCN(CCC#N)c1ccc(Cl)cc1CO. The lowest BCUT2D eigenvalue weighted by Crippen LogP contribution is -2.29. The fourth-order valence-electron chi connectivity index (χ4n) is 1.73. The van der Waals surface area contributed by atoms with E-state index < -0.39 is 0 Å². The van der Waals surface area contributed by atoms with E-state index in [2.05, 4.69) is 6.07 Å². The Morgan fingerprint density at radius 3 is 2.83 bits per heavy atom. The Bertz CT molecular complexity index is 418. The van der Waals surface area contributed by atoms with Crippen LogP contribution in [-0.2, 0) is 11.3 Å². The van der Waals surface area contributed by atoms with Gasteiger partial charge < -0.3 is 14.7 Å². The molecular weight excluding hydrogens is 252 g/mol. The number of ether oxygens (including phenoxy) is 1. The number of benzene rings is 1. The van der Waals surface area contributed by atoms with Crippen LogP contribution in [0.25, 0.3) is 0 Å². The molecule has 1 N–H and O–H groups in total. The Hall–Kier alpha value is -1.28. The standard InChI is InChI=1S/C13H17ClN2O2/c1-18-8-7-16(6-2-5-15)13-4-3-12(14)9-11(13)10-17/h3-4,9,17H,2,6-8,10H2,1H3. The van der Waals surface area contributed by atoms with Gasteiger partial charge in [-0.2, -0.15) is 5.26 Å². The van der Waals surface area contributed by atoms with Gasteiger partial charge in [0, 0.05) is 36.5 Å². The number of nitriles is 1. The van der Waals surface area contributed by atoms with Gasteiger partial charge in [0.15, 0.2) is 0 Å². The van der Waals surface area contributed by atoms with Gasteiger partial charge >= 0.3 is 0 Å². The van der Waals surface area contributed by atoms with Crippen molar-refractivity contribution in [2.45, 2.75) is 13.0 Å². The molecule has 1 aromatic carbocycles. The van der Waals surface area contributed by atoms with Gasteiger partial charge in [-0.05, 0) is 18.2 Å². The topological polar surface area (TPSA) is 56.5 Å². The van der Waals surface area contributed by atoms with Crippen LogP contribution in [0.4, 0.5) is 5.69 Å². The molecule has 0 bridgehead atoms. The fourth-order valence-corrected chi connectivity index (χ4v) is 1.92. The average molecular weight is 269 g/mol. The minimum absolute atomic E-state index is 0.0775. The molecule has 0 heterocycles. The third kappa shape index (κ3) is 4.19. The van der Waals surface area contributed by atoms with Gasteiger partial charge in [-0.3, -0.25) is 0 Å². The van der Waals surface area contributed by atoms with Gasteiger partial charge in [0.05, 0.1) is 25.7 Å². The van der Waals surface area contributed by atoms with Crippen LogP contribution < -0.4 is 4.90 Å². The summed E-state index contributed by atoms with van der Waals surface area (Å²) in [5.41, 5.74) is 1.66. The van der Waals surface area contributed by atoms with Gasteiger partial charge in [0.25, 0.3) is 0 Å². The quantitative estimate of drug-likeness (QED) is 0.824. The first-order chi connectivity index (χ1) is 8.72. The zero-order chi connectivity index (χ0) is 13.4. The lowest BCUT2D eigenvalue weighted by Gasteiger charge is -2.25. The minimum atomic E-state index is -0.0775. The first-order valence-corrected chi connectivity index (χ1v) is 6.10. The molecule has 0 aromatic heterocycles. The average Bonchev–Trinajstić information content (AvgIpc) is 2.39. The highest BCUT2D eigenvalue weighted by molar-refractivity contribution is 6.30. The molecule has 0 saturated carbocycles. The van der Waals surface area contributed by atoms with Gasteiger partial charge in [0.2, 0.25) is 0 Å². The molecule has 98 valence electrons. The van der Waals surface area contributed by atoms with Crippen molar-refractivity contribution in [1.29, 1.82) is 5.26 Å². The van der Waals surface area contributed by atoms with E-state index in [0.29, 0.717) is 31.1 Å². The molecule has 0 radical (unpaired) electrons. The lowest BCUT2D eigenvalue weighted by atomic mass is 10.1. The Kier molecular flexibility index (Phi) is 6.51. The lowest BCUT2D eigenvalue weighted by molar-refractivity contribution is 0.205. The molecule has 0 unspecified atom stereocenters. The number of aliphatic hydroxyl groups excluding tert-OH is 1. The van der Waals surface area contributed by atoms with Crippen LogP contribution in [0.15, 0.2) is 18.2 Å². The highest BCUT2D eigenvalue weighted by atomic mass is 35.5. The van der Waals surface area contributed by atoms with E-state index in [1.807, 2.05) is 11.0 Å². The van der Waals surface area contributed by atoms with Crippen LogP contribution in [-0.4, -0.2) is 31.9 Å². The zero-order valence-corrected chi connectivity index (χ0v) is 11.2. The number of halogens is 1. The molecule has 5 heteroatoms. The van der Waals surface area contributed by atoms with E-state index >= 15 is 0 Å². The summed E-state index contributed by atoms with van der Waals surface area (Å²) >= 11 is 5.90. The second-order valence-electron chi connectivity index (χ2n) is 3.82. The van der Waals surface area contributed by atoms with Crippen molar-refractivity contribution in [3.8, 4) is 6.07 Å². The maximum absolute atomic E-state index is 9.36. The predicted molar refractivity (Wildman–Crippen MR) is 71.7 cm³/mol. The molecule has 0 fully saturated rings. The smallest absolute Gasteiger partial charge is 0.0702 e. The second-order valence-corrected chi connectivity index (χ2v) is 4.26. The molecule has 0 saturated heterocycles. The van der Waals surface area contributed by atoms with Crippen LogP contribution >= 0.6 is 11.6 Å². The van der Waals surface area contributed by atoms with Crippen molar-refractivity contribution in [2.75, 3.05) is 31.7 Å². The number of anilines is 1. The van der Waals surface area contributed by atoms with E-state index in [1.165, 1.54) is 0 Å². The van der Waals surface area contributed by atoms with E-state index in [-0.39, 0.29) is 6.61 Å². The van der Waals surface area contributed by atoms with Gasteiger partial charge in [-0.15, -0.1) is 0 Å². The van der Waals surface area contributed by atoms with Crippen molar-refractivity contribution in [2.24, 2.45) is 0 Å². The number of methoxy groups -OCH3 is 1. The Labute approximate surface area is 112 Å².